The van der Waals surface area contributed by atoms with Gasteiger partial charge in [0.15, 0.2) is 5.82 Å². The number of primary amides is 1. The number of pyridine rings is 1. The first-order chi connectivity index (χ1) is 13.7. The highest BCUT2D eigenvalue weighted by atomic mass is 16.2. The zero-order chi connectivity index (χ0) is 19.1. The van der Waals surface area contributed by atoms with Gasteiger partial charge >= 0.3 is 6.03 Å². The Morgan fingerprint density at radius 2 is 1.93 bits per heavy atom. The summed E-state index contributed by atoms with van der Waals surface area (Å²) in [5, 5.41) is 1.10. The molecule has 28 heavy (non-hydrogen) atoms. The Hall–Kier alpha value is -3.41. The molecule has 2 amide bonds. The molecule has 1 unspecified atom stereocenters. The van der Waals surface area contributed by atoms with Gasteiger partial charge in [-0.25, -0.2) is 14.8 Å². The number of para-hydroxylation sites is 2. The largest absolute Gasteiger partial charge is 0.351 e. The Morgan fingerprint density at radius 3 is 2.82 bits per heavy atom. The van der Waals surface area contributed by atoms with E-state index in [1.165, 1.54) is 0 Å². The molecule has 3 heterocycles. The lowest BCUT2D eigenvalue weighted by molar-refractivity contribution is 0.160. The van der Waals surface area contributed by atoms with Crippen molar-refractivity contribution in [2.24, 2.45) is 5.73 Å². The average Bonchev–Trinajstić information content (AvgIpc) is 3.18. The van der Waals surface area contributed by atoms with Crippen molar-refractivity contribution in [3.63, 3.8) is 0 Å². The van der Waals surface area contributed by atoms with Crippen LogP contribution in [0.4, 0.5) is 4.79 Å². The maximum Gasteiger partial charge on any atom is 0.315 e. The second kappa shape index (κ2) is 6.64. The lowest BCUT2D eigenvalue weighted by Crippen LogP contribution is -2.41. The summed E-state index contributed by atoms with van der Waals surface area (Å²) < 4.78 is 0. The maximum absolute atomic E-state index is 11.9. The van der Waals surface area contributed by atoms with Gasteiger partial charge in [-0.05, 0) is 37.5 Å². The molecule has 1 fully saturated rings. The molecule has 140 valence electrons. The normalized spacial score (nSPS) is 17.3. The van der Waals surface area contributed by atoms with E-state index < -0.39 is 0 Å². The number of nitrogens with two attached hydrogens (primary N) is 1. The minimum absolute atomic E-state index is 0.0318. The van der Waals surface area contributed by atoms with Crippen molar-refractivity contribution in [1.82, 2.24) is 19.9 Å². The molecule has 0 bridgehead atoms. The van der Waals surface area contributed by atoms with Gasteiger partial charge in [0.25, 0.3) is 0 Å². The van der Waals surface area contributed by atoms with E-state index in [9.17, 15) is 4.79 Å². The smallest absolute Gasteiger partial charge is 0.315 e. The number of nitrogens with one attached hydrogen (secondary N) is 1. The summed E-state index contributed by atoms with van der Waals surface area (Å²) >= 11 is 0. The van der Waals surface area contributed by atoms with Crippen LogP contribution in [0.15, 0.2) is 54.6 Å². The Morgan fingerprint density at radius 1 is 1.04 bits per heavy atom. The molecule has 6 heteroatoms. The van der Waals surface area contributed by atoms with Crippen LogP contribution in [-0.4, -0.2) is 32.4 Å². The van der Waals surface area contributed by atoms with E-state index >= 15 is 0 Å². The molecule has 1 aliphatic rings. The summed E-state index contributed by atoms with van der Waals surface area (Å²) in [5.41, 5.74) is 10.2. The quantitative estimate of drug-likeness (QED) is 0.548. The van der Waals surface area contributed by atoms with Crippen LogP contribution < -0.4 is 5.73 Å². The lowest BCUT2D eigenvalue weighted by atomic mass is 9.94. The van der Waals surface area contributed by atoms with Gasteiger partial charge in [-0.3, -0.25) is 0 Å². The Balaban J connectivity index is 1.61. The molecule has 0 spiro atoms. The number of aromatic amines is 1. The number of H-pyrrole nitrogens is 1. The highest BCUT2D eigenvalue weighted by Crippen LogP contribution is 2.35. The van der Waals surface area contributed by atoms with Crippen LogP contribution in [0.1, 0.15) is 30.9 Å². The number of amides is 2. The fourth-order valence-corrected chi connectivity index (χ4v) is 4.16. The average molecular weight is 371 g/mol. The van der Waals surface area contributed by atoms with Crippen molar-refractivity contribution < 1.29 is 4.79 Å². The standard InChI is InChI=1S/C22H21N5O/c23-22(28)27-13-4-3-10-19(27)15-7-5-9-17-20(15)26-21(25-17)18-12-11-14-6-1-2-8-16(14)24-18/h1-2,5-9,11-12,19H,3-4,10,13H2,(H2,23,28)(H,25,26). The first-order valence-corrected chi connectivity index (χ1v) is 9.61. The predicted octanol–water partition coefficient (Wildman–Crippen LogP) is 4.38. The molecule has 3 N–H and O–H groups in total. The molecule has 1 atom stereocenters. The summed E-state index contributed by atoms with van der Waals surface area (Å²) in [6.07, 6.45) is 2.97. The minimum atomic E-state index is -0.367. The lowest BCUT2D eigenvalue weighted by Gasteiger charge is -2.34. The van der Waals surface area contributed by atoms with E-state index in [-0.39, 0.29) is 12.1 Å². The van der Waals surface area contributed by atoms with Crippen molar-refractivity contribution >= 4 is 28.0 Å². The predicted molar refractivity (Wildman–Crippen MR) is 110 cm³/mol. The number of likely N-dealkylation sites (tertiary alicyclic amines) is 1. The third-order valence-corrected chi connectivity index (χ3v) is 5.53. The van der Waals surface area contributed by atoms with Crippen LogP contribution in [0.5, 0.6) is 0 Å². The topological polar surface area (TPSA) is 87.9 Å². The Kier molecular flexibility index (Phi) is 3.97. The number of nitrogens with zero attached hydrogens (tertiary/aromatic N) is 3. The Bertz CT molecular complexity index is 1180. The number of hydrogen-bond acceptors (Lipinski definition) is 3. The number of carbonyl (C=O) groups is 1. The second-order valence-electron chi connectivity index (χ2n) is 7.26. The van der Waals surface area contributed by atoms with Crippen LogP contribution in [-0.2, 0) is 0 Å². The van der Waals surface area contributed by atoms with Crippen molar-refractivity contribution in [3.8, 4) is 11.5 Å². The number of carbonyl (C=O) groups excluding carboxylic acids is 1. The summed E-state index contributed by atoms with van der Waals surface area (Å²) in [6, 6.07) is 17.7. The zero-order valence-electron chi connectivity index (χ0n) is 15.4. The molecular formula is C22H21N5O. The fourth-order valence-electron chi connectivity index (χ4n) is 4.16. The van der Waals surface area contributed by atoms with Gasteiger partial charge in [-0.1, -0.05) is 36.4 Å². The third kappa shape index (κ3) is 2.78. The molecule has 1 saturated heterocycles. The van der Waals surface area contributed by atoms with Gasteiger partial charge in [0, 0.05) is 17.5 Å². The van der Waals surface area contributed by atoms with Crippen molar-refractivity contribution in [2.45, 2.75) is 25.3 Å². The molecule has 4 aromatic rings. The molecule has 1 aliphatic heterocycles. The first-order valence-electron chi connectivity index (χ1n) is 9.61. The number of hydrogen-bond donors (Lipinski definition) is 2. The molecule has 6 nitrogen and oxygen atoms in total. The van der Waals surface area contributed by atoms with Crippen LogP contribution in [0.25, 0.3) is 33.5 Å². The summed E-state index contributed by atoms with van der Waals surface area (Å²) in [7, 11) is 0. The third-order valence-electron chi connectivity index (χ3n) is 5.53. The van der Waals surface area contributed by atoms with E-state index in [0.29, 0.717) is 6.54 Å². The summed E-state index contributed by atoms with van der Waals surface area (Å²) in [4.78, 5) is 26.7. The monoisotopic (exact) mass is 371 g/mol. The highest BCUT2D eigenvalue weighted by Gasteiger charge is 2.28. The summed E-state index contributed by atoms with van der Waals surface area (Å²) in [5.74, 6) is 0.731. The van der Waals surface area contributed by atoms with Crippen LogP contribution in [0.2, 0.25) is 0 Å². The highest BCUT2D eigenvalue weighted by molar-refractivity contribution is 5.85. The summed E-state index contributed by atoms with van der Waals surface area (Å²) in [6.45, 7) is 0.694. The number of fused-ring (bicyclic) bond motifs is 2. The Labute approximate surface area is 162 Å². The SMILES string of the molecule is NC(=O)N1CCCCC1c1cccc2[nH]c(-c3ccc4ccccc4n3)nc12. The van der Waals surface area contributed by atoms with E-state index in [4.69, 9.17) is 15.7 Å². The van der Waals surface area contributed by atoms with Gasteiger partial charge < -0.3 is 15.6 Å². The van der Waals surface area contributed by atoms with Crippen molar-refractivity contribution in [2.75, 3.05) is 6.54 Å². The second-order valence-corrected chi connectivity index (χ2v) is 7.26. The van der Waals surface area contributed by atoms with Crippen molar-refractivity contribution in [1.29, 1.82) is 0 Å². The number of imidazole rings is 1. The molecule has 0 radical (unpaired) electrons. The number of urea groups is 1. The molecule has 0 saturated carbocycles. The van der Waals surface area contributed by atoms with Gasteiger partial charge in [0.05, 0.1) is 22.6 Å². The first kappa shape index (κ1) is 16.7. The van der Waals surface area contributed by atoms with E-state index in [0.717, 1.165) is 58.3 Å². The molecular weight excluding hydrogens is 350 g/mol. The molecule has 2 aromatic carbocycles. The van der Waals surface area contributed by atoms with E-state index in [2.05, 4.69) is 11.1 Å². The number of aromatic nitrogens is 3. The van der Waals surface area contributed by atoms with Gasteiger partial charge in [0.2, 0.25) is 0 Å². The van der Waals surface area contributed by atoms with E-state index in [1.807, 2.05) is 48.5 Å². The zero-order valence-corrected chi connectivity index (χ0v) is 15.4. The number of rotatable bonds is 2. The van der Waals surface area contributed by atoms with Crippen LogP contribution in [0, 0.1) is 0 Å². The van der Waals surface area contributed by atoms with Crippen molar-refractivity contribution in [3.05, 3.63) is 60.2 Å². The fraction of sp³-hybridized carbons (Fsp3) is 0.227. The molecule has 2 aromatic heterocycles. The number of piperidine rings is 1. The van der Waals surface area contributed by atoms with Gasteiger partial charge in [-0.2, -0.15) is 0 Å². The molecule has 0 aliphatic carbocycles. The maximum atomic E-state index is 11.9. The molecule has 5 rings (SSSR count). The van der Waals surface area contributed by atoms with Crippen LogP contribution in [0.3, 0.4) is 0 Å². The number of benzene rings is 2. The van der Waals surface area contributed by atoms with E-state index in [1.54, 1.807) is 4.90 Å². The van der Waals surface area contributed by atoms with Crippen LogP contribution >= 0.6 is 0 Å². The van der Waals surface area contributed by atoms with Gasteiger partial charge in [-0.15, -0.1) is 0 Å². The minimum Gasteiger partial charge on any atom is -0.351 e. The van der Waals surface area contributed by atoms with Gasteiger partial charge in [0.1, 0.15) is 5.69 Å².